The van der Waals surface area contributed by atoms with E-state index in [1.165, 1.54) is 19.4 Å². The average Bonchev–Trinajstić information content (AvgIpc) is 2.15. The topological polar surface area (TPSA) is 81.8 Å². The summed E-state index contributed by atoms with van der Waals surface area (Å²) in [5, 5.41) is 8.54. The van der Waals surface area contributed by atoms with E-state index in [-0.39, 0.29) is 4.90 Å². The maximum atomic E-state index is 11.2. The van der Waals surface area contributed by atoms with E-state index in [2.05, 4.69) is 25.9 Å². The van der Waals surface area contributed by atoms with Gasteiger partial charge in [-0.05, 0) is 33.6 Å². The van der Waals surface area contributed by atoms with E-state index in [9.17, 15) is 8.42 Å². The number of oxime groups is 1. The van der Waals surface area contributed by atoms with Crippen molar-refractivity contribution < 1.29 is 13.3 Å². The number of nitrogens with two attached hydrogens (primary N) is 1. The molecular formula is C8H9BrN2O3S. The van der Waals surface area contributed by atoms with E-state index in [4.69, 9.17) is 5.14 Å². The lowest BCUT2D eigenvalue weighted by atomic mass is 10.2. The number of halogens is 1. The van der Waals surface area contributed by atoms with Gasteiger partial charge in [0.15, 0.2) is 0 Å². The maximum absolute atomic E-state index is 11.2. The quantitative estimate of drug-likeness (QED) is 0.668. The van der Waals surface area contributed by atoms with Gasteiger partial charge in [-0.25, -0.2) is 13.6 Å². The van der Waals surface area contributed by atoms with Crippen LogP contribution in [0.5, 0.6) is 0 Å². The van der Waals surface area contributed by atoms with Gasteiger partial charge in [0, 0.05) is 4.47 Å². The second-order valence-electron chi connectivity index (χ2n) is 2.65. The molecule has 0 amide bonds. The largest absolute Gasteiger partial charge is 0.399 e. The predicted molar refractivity (Wildman–Crippen MR) is 60.1 cm³/mol. The summed E-state index contributed by atoms with van der Waals surface area (Å²) in [4.78, 5) is 4.49. The zero-order valence-corrected chi connectivity index (χ0v) is 10.2. The van der Waals surface area contributed by atoms with E-state index < -0.39 is 10.0 Å². The molecule has 15 heavy (non-hydrogen) atoms. The first kappa shape index (κ1) is 12.2. The molecule has 1 aromatic carbocycles. The number of nitrogens with zero attached hydrogens (tertiary/aromatic N) is 1. The zero-order chi connectivity index (χ0) is 11.5. The van der Waals surface area contributed by atoms with Crippen molar-refractivity contribution in [3.63, 3.8) is 0 Å². The first-order valence-electron chi connectivity index (χ1n) is 3.84. The summed E-state index contributed by atoms with van der Waals surface area (Å²) in [6.07, 6.45) is 1.39. The van der Waals surface area contributed by atoms with E-state index >= 15 is 0 Å². The Balaban J connectivity index is 3.23. The Morgan fingerprint density at radius 1 is 1.53 bits per heavy atom. The molecule has 0 aliphatic rings. The molecule has 0 radical (unpaired) electrons. The van der Waals surface area contributed by atoms with Crippen LogP contribution in [-0.4, -0.2) is 21.7 Å². The SMILES string of the molecule is CON=Cc1ccc(Br)c(S(N)(=O)=O)c1. The lowest BCUT2D eigenvalue weighted by molar-refractivity contribution is 0.215. The molecule has 1 rings (SSSR count). The third-order valence-corrected chi connectivity index (χ3v) is 3.47. The van der Waals surface area contributed by atoms with Crippen molar-refractivity contribution in [3.05, 3.63) is 28.2 Å². The number of hydrogen-bond donors (Lipinski definition) is 1. The first-order valence-corrected chi connectivity index (χ1v) is 6.18. The lowest BCUT2D eigenvalue weighted by Crippen LogP contribution is -2.13. The Kier molecular flexibility index (Phi) is 3.83. The summed E-state index contributed by atoms with van der Waals surface area (Å²) in [5.74, 6) is 0. The minimum atomic E-state index is -3.73. The highest BCUT2D eigenvalue weighted by atomic mass is 79.9. The van der Waals surface area contributed by atoms with Gasteiger partial charge in [0.1, 0.15) is 7.11 Å². The van der Waals surface area contributed by atoms with Gasteiger partial charge in [-0.1, -0.05) is 11.2 Å². The van der Waals surface area contributed by atoms with Crippen molar-refractivity contribution in [3.8, 4) is 0 Å². The van der Waals surface area contributed by atoms with Crippen LogP contribution < -0.4 is 5.14 Å². The fraction of sp³-hybridized carbons (Fsp3) is 0.125. The molecule has 0 unspecified atom stereocenters. The second-order valence-corrected chi connectivity index (χ2v) is 5.04. The molecule has 0 bridgehead atoms. The van der Waals surface area contributed by atoms with Gasteiger partial charge in [0.2, 0.25) is 10.0 Å². The highest BCUT2D eigenvalue weighted by Gasteiger charge is 2.12. The molecule has 0 fully saturated rings. The van der Waals surface area contributed by atoms with Crippen LogP contribution in [0.25, 0.3) is 0 Å². The number of hydrogen-bond acceptors (Lipinski definition) is 4. The van der Waals surface area contributed by atoms with Crippen molar-refractivity contribution in [1.82, 2.24) is 0 Å². The average molecular weight is 293 g/mol. The zero-order valence-electron chi connectivity index (χ0n) is 7.84. The Labute approximate surface area is 96.1 Å². The number of primary sulfonamides is 1. The van der Waals surface area contributed by atoms with Crippen molar-refractivity contribution in [2.24, 2.45) is 10.3 Å². The van der Waals surface area contributed by atoms with Crippen molar-refractivity contribution in [2.45, 2.75) is 4.90 Å². The van der Waals surface area contributed by atoms with E-state index in [1.54, 1.807) is 12.1 Å². The summed E-state index contributed by atoms with van der Waals surface area (Å²) in [6, 6.07) is 4.67. The molecule has 82 valence electrons. The minimum absolute atomic E-state index is 0.0163. The van der Waals surface area contributed by atoms with Crippen LogP contribution in [0.1, 0.15) is 5.56 Å². The smallest absolute Gasteiger partial charge is 0.239 e. The Morgan fingerprint density at radius 2 is 2.20 bits per heavy atom. The second kappa shape index (κ2) is 4.73. The van der Waals surface area contributed by atoms with E-state index in [0.29, 0.717) is 10.0 Å². The molecule has 0 aromatic heterocycles. The summed E-state index contributed by atoms with van der Waals surface area (Å²) in [7, 11) is -2.33. The molecule has 2 N–H and O–H groups in total. The Hall–Kier alpha value is -0.920. The molecule has 0 saturated carbocycles. The summed E-state index contributed by atoms with van der Waals surface area (Å²) in [6.45, 7) is 0. The van der Waals surface area contributed by atoms with Gasteiger partial charge in [0.05, 0.1) is 11.1 Å². The molecule has 7 heteroatoms. The summed E-state index contributed by atoms with van der Waals surface area (Å²) < 4.78 is 22.7. The first-order chi connectivity index (χ1) is 6.95. The van der Waals surface area contributed by atoms with E-state index in [1.807, 2.05) is 0 Å². The molecule has 0 aliphatic heterocycles. The van der Waals surface area contributed by atoms with Gasteiger partial charge in [-0.2, -0.15) is 0 Å². The molecule has 0 spiro atoms. The van der Waals surface area contributed by atoms with Gasteiger partial charge in [-0.3, -0.25) is 0 Å². The molecule has 0 aliphatic carbocycles. The monoisotopic (exact) mass is 292 g/mol. The van der Waals surface area contributed by atoms with Crippen LogP contribution in [0, 0.1) is 0 Å². The van der Waals surface area contributed by atoms with Gasteiger partial charge in [0.25, 0.3) is 0 Å². The van der Waals surface area contributed by atoms with Gasteiger partial charge in [-0.15, -0.1) is 0 Å². The van der Waals surface area contributed by atoms with Crippen LogP contribution in [0.3, 0.4) is 0 Å². The molecule has 1 aromatic rings. The Bertz CT molecular complexity index is 485. The van der Waals surface area contributed by atoms with Crippen LogP contribution in [0.2, 0.25) is 0 Å². The summed E-state index contributed by atoms with van der Waals surface area (Å²) >= 11 is 3.10. The predicted octanol–water partition coefficient (Wildman–Crippen LogP) is 1.08. The lowest BCUT2D eigenvalue weighted by Gasteiger charge is -2.02. The number of sulfonamides is 1. The van der Waals surface area contributed by atoms with Crippen molar-refractivity contribution in [2.75, 3.05) is 7.11 Å². The molecular weight excluding hydrogens is 284 g/mol. The van der Waals surface area contributed by atoms with Gasteiger partial charge < -0.3 is 4.84 Å². The van der Waals surface area contributed by atoms with Crippen LogP contribution in [-0.2, 0) is 14.9 Å². The third kappa shape index (κ3) is 3.29. The molecule has 0 heterocycles. The van der Waals surface area contributed by atoms with Crippen LogP contribution >= 0.6 is 15.9 Å². The third-order valence-electron chi connectivity index (χ3n) is 1.57. The minimum Gasteiger partial charge on any atom is -0.399 e. The highest BCUT2D eigenvalue weighted by molar-refractivity contribution is 9.10. The van der Waals surface area contributed by atoms with Gasteiger partial charge >= 0.3 is 0 Å². The standard InChI is InChI=1S/C8H9BrN2O3S/c1-14-11-5-6-2-3-7(9)8(4-6)15(10,12)13/h2-5H,1H3,(H2,10,12,13). The number of benzene rings is 1. The van der Waals surface area contributed by atoms with Crippen molar-refractivity contribution >= 4 is 32.2 Å². The molecule has 5 nitrogen and oxygen atoms in total. The normalized spacial score (nSPS) is 11.9. The number of rotatable bonds is 3. The van der Waals surface area contributed by atoms with Crippen LogP contribution in [0.15, 0.2) is 32.7 Å². The Morgan fingerprint density at radius 3 is 2.73 bits per heavy atom. The fourth-order valence-corrected chi connectivity index (χ4v) is 2.50. The highest BCUT2D eigenvalue weighted by Crippen LogP contribution is 2.21. The van der Waals surface area contributed by atoms with Crippen molar-refractivity contribution in [1.29, 1.82) is 0 Å². The molecule has 0 atom stereocenters. The molecule has 0 saturated heterocycles. The van der Waals surface area contributed by atoms with E-state index in [0.717, 1.165) is 0 Å². The van der Waals surface area contributed by atoms with Crippen LogP contribution in [0.4, 0.5) is 0 Å². The maximum Gasteiger partial charge on any atom is 0.239 e. The fourth-order valence-electron chi connectivity index (χ4n) is 0.932. The summed E-state index contributed by atoms with van der Waals surface area (Å²) in [5.41, 5.74) is 0.587.